The van der Waals surface area contributed by atoms with Crippen LogP contribution in [0.1, 0.15) is 18.1 Å². The van der Waals surface area contributed by atoms with Crippen molar-refractivity contribution in [3.63, 3.8) is 0 Å². The van der Waals surface area contributed by atoms with E-state index in [0.717, 1.165) is 17.1 Å². The average molecular weight is 480 g/mol. The second-order valence-electron chi connectivity index (χ2n) is 8.13. The second kappa shape index (κ2) is 10.7. The van der Waals surface area contributed by atoms with Gasteiger partial charge in [-0.15, -0.1) is 10.2 Å². The second-order valence-corrected chi connectivity index (χ2v) is 9.07. The first kappa shape index (κ1) is 23.8. The van der Waals surface area contributed by atoms with Crippen molar-refractivity contribution in [3.05, 3.63) is 59.7 Å². The lowest BCUT2D eigenvalue weighted by molar-refractivity contribution is -0.129. The number of hydrogen-bond donors (Lipinski definition) is 0. The van der Waals surface area contributed by atoms with Gasteiger partial charge in [0.2, 0.25) is 5.91 Å². The topological polar surface area (TPSA) is 80.6 Å². The highest BCUT2D eigenvalue weighted by molar-refractivity contribution is 7.99. The zero-order valence-electron chi connectivity index (χ0n) is 19.7. The Kier molecular flexibility index (Phi) is 7.52. The van der Waals surface area contributed by atoms with E-state index in [1.807, 2.05) is 34.9 Å². The number of aryl methyl sites for hydroxylation is 2. The van der Waals surface area contributed by atoms with E-state index in [1.165, 1.54) is 22.9 Å². The van der Waals surface area contributed by atoms with Crippen LogP contribution >= 0.6 is 11.8 Å². The molecule has 178 valence electrons. The van der Waals surface area contributed by atoms with Crippen molar-refractivity contribution in [1.29, 1.82) is 0 Å². The molecular formula is C25H29N5O3S. The SMILES string of the molecule is CCOC(=O)N1CCN(C(=O)CSc2nnc(-c3ccccc3)n2-c2ccc(C)c(C)c2)CC1. The average Bonchev–Trinajstić information content (AvgIpc) is 3.29. The Morgan fingerprint density at radius 2 is 1.65 bits per heavy atom. The van der Waals surface area contributed by atoms with Crippen LogP contribution in [0.2, 0.25) is 0 Å². The van der Waals surface area contributed by atoms with E-state index >= 15 is 0 Å². The number of nitrogens with zero attached hydrogens (tertiary/aromatic N) is 5. The van der Waals surface area contributed by atoms with Crippen molar-refractivity contribution in [2.24, 2.45) is 0 Å². The Morgan fingerprint density at radius 1 is 0.941 bits per heavy atom. The molecule has 0 aliphatic carbocycles. The molecule has 2 heterocycles. The maximum absolute atomic E-state index is 12.9. The number of benzene rings is 2. The summed E-state index contributed by atoms with van der Waals surface area (Å²) < 4.78 is 7.07. The molecule has 8 nitrogen and oxygen atoms in total. The van der Waals surface area contributed by atoms with E-state index in [9.17, 15) is 9.59 Å². The number of ether oxygens (including phenoxy) is 1. The summed E-state index contributed by atoms with van der Waals surface area (Å²) in [5, 5.41) is 9.56. The number of aromatic nitrogens is 3. The van der Waals surface area contributed by atoms with E-state index in [0.29, 0.717) is 37.9 Å². The summed E-state index contributed by atoms with van der Waals surface area (Å²) in [5.74, 6) is 1.00. The van der Waals surface area contributed by atoms with Crippen LogP contribution in [0.15, 0.2) is 53.7 Å². The molecule has 0 N–H and O–H groups in total. The van der Waals surface area contributed by atoms with E-state index < -0.39 is 0 Å². The molecular weight excluding hydrogens is 450 g/mol. The van der Waals surface area contributed by atoms with Crippen molar-refractivity contribution in [2.45, 2.75) is 25.9 Å². The number of hydrogen-bond acceptors (Lipinski definition) is 6. The molecule has 0 saturated carbocycles. The first-order valence-electron chi connectivity index (χ1n) is 11.4. The standard InChI is InChI=1S/C25H29N5O3S/c1-4-33-25(32)29-14-12-28(13-15-29)22(31)17-34-24-27-26-23(20-8-6-5-7-9-20)30(24)21-11-10-18(2)19(3)16-21/h5-11,16H,4,12-15,17H2,1-3H3. The van der Waals surface area contributed by atoms with Crippen molar-refractivity contribution in [2.75, 3.05) is 38.5 Å². The van der Waals surface area contributed by atoms with Crippen LogP contribution in [0.3, 0.4) is 0 Å². The molecule has 4 rings (SSSR count). The van der Waals surface area contributed by atoms with Crippen molar-refractivity contribution in [1.82, 2.24) is 24.6 Å². The van der Waals surface area contributed by atoms with Gasteiger partial charge in [-0.2, -0.15) is 0 Å². The summed E-state index contributed by atoms with van der Waals surface area (Å²) in [4.78, 5) is 28.2. The van der Waals surface area contributed by atoms with Crippen molar-refractivity contribution in [3.8, 4) is 17.1 Å². The normalized spacial score (nSPS) is 13.7. The van der Waals surface area contributed by atoms with Gasteiger partial charge in [-0.25, -0.2) is 4.79 Å². The first-order chi connectivity index (χ1) is 16.5. The van der Waals surface area contributed by atoms with Gasteiger partial charge >= 0.3 is 6.09 Å². The predicted molar refractivity (Wildman–Crippen MR) is 132 cm³/mol. The number of carbonyl (C=O) groups excluding carboxylic acids is 2. The summed E-state index contributed by atoms with van der Waals surface area (Å²) in [6.45, 7) is 8.25. The van der Waals surface area contributed by atoms with E-state index in [2.05, 4.69) is 42.2 Å². The Balaban J connectivity index is 1.50. The Hall–Kier alpha value is -3.33. The van der Waals surface area contributed by atoms with Gasteiger partial charge in [0.05, 0.1) is 18.0 Å². The summed E-state index contributed by atoms with van der Waals surface area (Å²) in [7, 11) is 0. The first-order valence-corrected chi connectivity index (χ1v) is 12.4. The molecule has 0 bridgehead atoms. The van der Waals surface area contributed by atoms with Gasteiger partial charge in [-0.05, 0) is 44.0 Å². The van der Waals surface area contributed by atoms with Gasteiger partial charge in [-0.3, -0.25) is 9.36 Å². The minimum atomic E-state index is -0.320. The summed E-state index contributed by atoms with van der Waals surface area (Å²) >= 11 is 1.38. The monoisotopic (exact) mass is 479 g/mol. The maximum atomic E-state index is 12.9. The Morgan fingerprint density at radius 3 is 2.32 bits per heavy atom. The largest absolute Gasteiger partial charge is 0.450 e. The van der Waals surface area contributed by atoms with Crippen LogP contribution in [0.5, 0.6) is 0 Å². The van der Waals surface area contributed by atoms with Crippen LogP contribution in [-0.4, -0.2) is 75.1 Å². The fourth-order valence-corrected chi connectivity index (χ4v) is 4.66. The molecule has 0 unspecified atom stereocenters. The molecule has 0 radical (unpaired) electrons. The summed E-state index contributed by atoms with van der Waals surface area (Å²) in [6.07, 6.45) is -0.320. The lowest BCUT2D eigenvalue weighted by Gasteiger charge is -2.34. The zero-order chi connectivity index (χ0) is 24.1. The molecule has 1 fully saturated rings. The van der Waals surface area contributed by atoms with Gasteiger partial charge in [0.25, 0.3) is 0 Å². The van der Waals surface area contributed by atoms with Gasteiger partial charge in [0, 0.05) is 31.7 Å². The molecule has 1 aromatic heterocycles. The third kappa shape index (κ3) is 5.25. The lowest BCUT2D eigenvalue weighted by atomic mass is 10.1. The fourth-order valence-electron chi connectivity index (χ4n) is 3.81. The third-order valence-electron chi connectivity index (χ3n) is 5.90. The van der Waals surface area contributed by atoms with Gasteiger partial charge in [0.1, 0.15) is 0 Å². The molecule has 9 heteroatoms. The van der Waals surface area contributed by atoms with E-state index in [1.54, 1.807) is 16.7 Å². The molecule has 0 atom stereocenters. The van der Waals surface area contributed by atoms with Crippen LogP contribution < -0.4 is 0 Å². The van der Waals surface area contributed by atoms with Crippen LogP contribution in [0, 0.1) is 13.8 Å². The van der Waals surface area contributed by atoms with Crippen LogP contribution in [0.25, 0.3) is 17.1 Å². The molecule has 2 aromatic carbocycles. The highest BCUT2D eigenvalue weighted by Gasteiger charge is 2.25. The van der Waals surface area contributed by atoms with Crippen molar-refractivity contribution >= 4 is 23.8 Å². The molecule has 0 spiro atoms. The highest BCUT2D eigenvalue weighted by Crippen LogP contribution is 2.29. The molecule has 34 heavy (non-hydrogen) atoms. The summed E-state index contributed by atoms with van der Waals surface area (Å²) in [6, 6.07) is 16.2. The summed E-state index contributed by atoms with van der Waals surface area (Å²) in [5.41, 5.74) is 4.31. The third-order valence-corrected chi connectivity index (χ3v) is 6.81. The molecule has 3 aromatic rings. The van der Waals surface area contributed by atoms with Gasteiger partial charge in [-0.1, -0.05) is 48.2 Å². The maximum Gasteiger partial charge on any atom is 0.409 e. The number of thioether (sulfide) groups is 1. The highest BCUT2D eigenvalue weighted by atomic mass is 32.2. The molecule has 2 amide bonds. The quantitative estimate of drug-likeness (QED) is 0.498. The Bertz CT molecular complexity index is 1160. The van der Waals surface area contributed by atoms with E-state index in [4.69, 9.17) is 4.74 Å². The van der Waals surface area contributed by atoms with Crippen molar-refractivity contribution < 1.29 is 14.3 Å². The number of amides is 2. The number of carbonyl (C=O) groups is 2. The molecule has 1 saturated heterocycles. The minimum Gasteiger partial charge on any atom is -0.450 e. The molecule has 1 aliphatic rings. The molecule has 1 aliphatic heterocycles. The fraction of sp³-hybridized carbons (Fsp3) is 0.360. The zero-order valence-corrected chi connectivity index (χ0v) is 20.5. The number of piperazine rings is 1. The van der Waals surface area contributed by atoms with Gasteiger partial charge < -0.3 is 14.5 Å². The smallest absolute Gasteiger partial charge is 0.409 e. The number of rotatable bonds is 6. The predicted octanol–water partition coefficient (Wildman–Crippen LogP) is 3.94. The lowest BCUT2D eigenvalue weighted by Crippen LogP contribution is -2.51. The van der Waals surface area contributed by atoms with E-state index in [-0.39, 0.29) is 17.8 Å². The van der Waals surface area contributed by atoms with Crippen LogP contribution in [0.4, 0.5) is 4.79 Å². The van der Waals surface area contributed by atoms with Crippen LogP contribution in [-0.2, 0) is 9.53 Å². The van der Waals surface area contributed by atoms with Gasteiger partial charge in [0.15, 0.2) is 11.0 Å². The Labute approximate surface area is 203 Å². The minimum absolute atomic E-state index is 0.0180.